The van der Waals surface area contributed by atoms with Crippen LogP contribution < -0.4 is 10.6 Å². The quantitative estimate of drug-likeness (QED) is 0.490. The number of carbonyl (C=O) groups is 4. The summed E-state index contributed by atoms with van der Waals surface area (Å²) < 4.78 is 24.1. The van der Waals surface area contributed by atoms with Gasteiger partial charge >= 0.3 is 6.03 Å². The van der Waals surface area contributed by atoms with Gasteiger partial charge in [0.2, 0.25) is 17.7 Å². The molecular formula is C37H49N7O6S. The summed E-state index contributed by atoms with van der Waals surface area (Å²) >= 11 is 0. The largest absolute Gasteiger partial charge is 0.349 e. The highest BCUT2D eigenvalue weighted by molar-refractivity contribution is 7.90. The minimum atomic E-state index is -3.33. The second-order valence-corrected chi connectivity index (χ2v) is 16.9. The number of carbonyl (C=O) groups excluding carboxylic acids is 4. The predicted molar refractivity (Wildman–Crippen MR) is 191 cm³/mol. The standard InChI is InChI=1S/C37H49N7O6S/c1-51(49,50)30-11-9-27(10-12-30)25-42-22-23-43-26-32(42)35(47)40-18-13-29(14-19-40)44-17-5-8-31(44)34(46)39-37(24-33(43)45)15-20-41(21-16-37)36(48)38-28-6-3-2-4-7-28/h2-4,6-7,9-12,29,31-32H,5,8,13-26H2,1H3,(H,38,48)(H,39,46)/t31-,32+/m0/s1. The van der Waals surface area contributed by atoms with E-state index in [4.69, 9.17) is 0 Å². The van der Waals surface area contributed by atoms with Crippen molar-refractivity contribution in [2.75, 3.05) is 63.9 Å². The van der Waals surface area contributed by atoms with Crippen LogP contribution in [0.15, 0.2) is 59.5 Å². The molecule has 0 saturated carbocycles. The molecule has 2 aromatic carbocycles. The van der Waals surface area contributed by atoms with Crippen molar-refractivity contribution in [2.24, 2.45) is 0 Å². The van der Waals surface area contributed by atoms with Gasteiger partial charge in [0, 0.05) is 70.3 Å². The number of fused-ring (bicyclic) bond motifs is 4. The molecule has 6 aliphatic heterocycles. The molecule has 2 N–H and O–H groups in total. The van der Waals surface area contributed by atoms with Gasteiger partial charge in [0.25, 0.3) is 0 Å². The van der Waals surface area contributed by atoms with Crippen LogP contribution in [0.5, 0.6) is 0 Å². The van der Waals surface area contributed by atoms with E-state index in [0.717, 1.165) is 37.8 Å². The van der Waals surface area contributed by atoms with Crippen molar-refractivity contribution in [3.05, 3.63) is 60.2 Å². The minimum absolute atomic E-state index is 0.00759. The predicted octanol–water partition coefficient (Wildman–Crippen LogP) is 2.14. The summed E-state index contributed by atoms with van der Waals surface area (Å²) in [4.78, 5) is 66.0. The molecule has 1 spiro atoms. The Labute approximate surface area is 300 Å². The monoisotopic (exact) mass is 719 g/mol. The molecule has 2 aromatic rings. The lowest BCUT2D eigenvalue weighted by atomic mass is 9.83. The Balaban J connectivity index is 1.13. The van der Waals surface area contributed by atoms with E-state index in [0.29, 0.717) is 64.3 Å². The van der Waals surface area contributed by atoms with E-state index < -0.39 is 21.4 Å². The van der Waals surface area contributed by atoms with Crippen LogP contribution in [0.4, 0.5) is 10.5 Å². The number of piperazine rings is 1. The number of sulfone groups is 1. The SMILES string of the molecule is CS(=O)(=O)c1ccc(CN2CCN3C[C@@H]2C(=O)N2CCC(CC2)N2CCC[C@H]2C(=O)NC2(CCN(C(=O)Nc4ccccc4)CC2)CC3=O)cc1. The molecule has 0 aliphatic carbocycles. The number of nitrogens with zero attached hydrogens (tertiary/aromatic N) is 5. The van der Waals surface area contributed by atoms with Crippen molar-refractivity contribution in [3.8, 4) is 0 Å². The first kappa shape index (κ1) is 35.4. The van der Waals surface area contributed by atoms with Gasteiger partial charge in [-0.15, -0.1) is 0 Å². The second kappa shape index (κ2) is 14.5. The van der Waals surface area contributed by atoms with Crippen molar-refractivity contribution in [3.63, 3.8) is 0 Å². The van der Waals surface area contributed by atoms with E-state index in [1.807, 2.05) is 35.2 Å². The van der Waals surface area contributed by atoms with Gasteiger partial charge in [-0.2, -0.15) is 0 Å². The zero-order chi connectivity index (χ0) is 35.8. The Hall–Kier alpha value is -4.01. The Morgan fingerprint density at radius 1 is 0.843 bits per heavy atom. The zero-order valence-corrected chi connectivity index (χ0v) is 30.2. The van der Waals surface area contributed by atoms with Crippen molar-refractivity contribution >= 4 is 39.3 Å². The molecule has 274 valence electrons. The van der Waals surface area contributed by atoms with Crippen molar-refractivity contribution < 1.29 is 27.6 Å². The molecule has 14 heteroatoms. The fraction of sp³-hybridized carbons (Fsp3) is 0.568. The molecule has 4 bridgehead atoms. The first-order chi connectivity index (χ1) is 24.5. The van der Waals surface area contributed by atoms with Gasteiger partial charge in [0.1, 0.15) is 6.04 Å². The highest BCUT2D eigenvalue weighted by Gasteiger charge is 2.46. The first-order valence-corrected chi connectivity index (χ1v) is 20.2. The van der Waals surface area contributed by atoms with E-state index in [-0.39, 0.29) is 53.7 Å². The molecule has 0 aromatic heterocycles. The molecule has 0 unspecified atom stereocenters. The summed E-state index contributed by atoms with van der Waals surface area (Å²) in [6.45, 7) is 4.42. The second-order valence-electron chi connectivity index (χ2n) is 14.9. The van der Waals surface area contributed by atoms with Gasteiger partial charge in [0.05, 0.1) is 22.9 Å². The van der Waals surface area contributed by atoms with Gasteiger partial charge in [-0.05, 0) is 74.9 Å². The van der Waals surface area contributed by atoms with E-state index in [1.54, 1.807) is 34.1 Å². The third-order valence-electron chi connectivity index (χ3n) is 11.6. The summed E-state index contributed by atoms with van der Waals surface area (Å²) in [7, 11) is -3.33. The van der Waals surface area contributed by atoms with Crippen LogP contribution in [0.25, 0.3) is 0 Å². The van der Waals surface area contributed by atoms with Gasteiger partial charge in [-0.25, -0.2) is 13.2 Å². The van der Waals surface area contributed by atoms with Gasteiger partial charge < -0.3 is 25.3 Å². The van der Waals surface area contributed by atoms with Crippen LogP contribution in [0.2, 0.25) is 0 Å². The van der Waals surface area contributed by atoms with Crippen LogP contribution in [-0.2, 0) is 30.8 Å². The van der Waals surface area contributed by atoms with Gasteiger partial charge in [0.15, 0.2) is 9.84 Å². The van der Waals surface area contributed by atoms with Crippen LogP contribution >= 0.6 is 0 Å². The number of rotatable bonds is 4. The van der Waals surface area contributed by atoms with Crippen molar-refractivity contribution in [1.29, 1.82) is 0 Å². The molecule has 0 radical (unpaired) electrons. The highest BCUT2D eigenvalue weighted by Crippen LogP contribution is 2.32. The molecule has 6 heterocycles. The third-order valence-corrected chi connectivity index (χ3v) is 12.7. The van der Waals surface area contributed by atoms with Crippen LogP contribution in [0.3, 0.4) is 0 Å². The Morgan fingerprint density at radius 2 is 1.55 bits per heavy atom. The third kappa shape index (κ3) is 7.77. The van der Waals surface area contributed by atoms with E-state index in [2.05, 4.69) is 20.4 Å². The Bertz CT molecular complexity index is 1720. The van der Waals surface area contributed by atoms with Gasteiger partial charge in [-0.3, -0.25) is 24.2 Å². The Morgan fingerprint density at radius 3 is 2.24 bits per heavy atom. The summed E-state index contributed by atoms with van der Waals surface area (Å²) in [5.74, 6) is -0.140. The number of nitrogens with one attached hydrogen (secondary N) is 2. The number of likely N-dealkylation sites (tertiary alicyclic amines) is 1. The van der Waals surface area contributed by atoms with Crippen molar-refractivity contribution in [1.82, 2.24) is 29.8 Å². The van der Waals surface area contributed by atoms with Crippen molar-refractivity contribution in [2.45, 2.75) is 80.1 Å². The maximum atomic E-state index is 14.3. The van der Waals surface area contributed by atoms with E-state index in [1.165, 1.54) is 6.26 Å². The van der Waals surface area contributed by atoms with Gasteiger partial charge in [-0.1, -0.05) is 30.3 Å². The molecule has 13 nitrogen and oxygen atoms in total. The number of para-hydroxylation sites is 1. The topological polar surface area (TPSA) is 143 Å². The zero-order valence-electron chi connectivity index (χ0n) is 29.3. The summed E-state index contributed by atoms with van der Waals surface area (Å²) in [6.07, 6.45) is 5.43. The lowest BCUT2D eigenvalue weighted by Gasteiger charge is -2.45. The summed E-state index contributed by atoms with van der Waals surface area (Å²) in [5, 5.41) is 6.35. The minimum Gasteiger partial charge on any atom is -0.349 e. The maximum absolute atomic E-state index is 14.3. The number of amides is 5. The summed E-state index contributed by atoms with van der Waals surface area (Å²) in [5.41, 5.74) is 0.793. The van der Waals surface area contributed by atoms with Crippen LogP contribution in [-0.4, -0.2) is 139 Å². The molecule has 2 atom stereocenters. The number of hydrogen-bond donors (Lipinski definition) is 2. The fourth-order valence-corrected chi connectivity index (χ4v) is 9.27. The van der Waals surface area contributed by atoms with E-state index >= 15 is 0 Å². The summed E-state index contributed by atoms with van der Waals surface area (Å²) in [6, 6.07) is 15.3. The smallest absolute Gasteiger partial charge is 0.321 e. The maximum Gasteiger partial charge on any atom is 0.321 e. The number of hydrogen-bond acceptors (Lipinski definition) is 8. The van der Waals surface area contributed by atoms with E-state index in [9.17, 15) is 27.6 Å². The molecule has 5 amide bonds. The first-order valence-electron chi connectivity index (χ1n) is 18.3. The normalized spacial score (nSPS) is 25.4. The highest BCUT2D eigenvalue weighted by atomic mass is 32.2. The molecule has 51 heavy (non-hydrogen) atoms. The number of piperidine rings is 2. The lowest BCUT2D eigenvalue weighted by molar-refractivity contribution is -0.145. The number of benzene rings is 2. The molecule has 8 rings (SSSR count). The average Bonchev–Trinajstić information content (AvgIpc) is 3.62. The van der Waals surface area contributed by atoms with Crippen LogP contribution in [0, 0.1) is 0 Å². The molecule has 6 fully saturated rings. The fourth-order valence-electron chi connectivity index (χ4n) is 8.64. The molecular weight excluding hydrogens is 671 g/mol. The number of urea groups is 1. The molecule has 6 saturated heterocycles. The average molecular weight is 720 g/mol. The number of anilines is 1. The molecule has 6 aliphatic rings. The Kier molecular flexibility index (Phi) is 10.1. The lowest BCUT2D eigenvalue weighted by Crippen LogP contribution is -2.63. The van der Waals surface area contributed by atoms with Crippen LogP contribution in [0.1, 0.15) is 50.5 Å².